The highest BCUT2D eigenvalue weighted by molar-refractivity contribution is 6.08. The summed E-state index contributed by atoms with van der Waals surface area (Å²) in [4.78, 5) is 27.2. The fourth-order valence-electron chi connectivity index (χ4n) is 5.60. The van der Waals surface area contributed by atoms with E-state index in [1.54, 1.807) is 25.1 Å². The number of nitrogens with one attached hydrogen (secondary N) is 2. The Bertz CT molecular complexity index is 1620. The Hall–Kier alpha value is -4.85. The van der Waals surface area contributed by atoms with Gasteiger partial charge in [-0.25, -0.2) is 4.68 Å². The number of hydrogen-bond donors (Lipinski definition) is 2. The largest absolute Gasteiger partial charge is 0.493 e. The summed E-state index contributed by atoms with van der Waals surface area (Å²) in [7, 11) is 3.21. The van der Waals surface area contributed by atoms with Gasteiger partial charge in [0.2, 0.25) is 0 Å². The molecular weight excluding hydrogens is 504 g/mol. The van der Waals surface area contributed by atoms with Crippen molar-refractivity contribution < 1.29 is 19.1 Å². The number of nitrogens with zero attached hydrogens (tertiary/aromatic N) is 2. The highest BCUT2D eigenvalue weighted by Crippen LogP contribution is 2.46. The van der Waals surface area contributed by atoms with Crippen LogP contribution < -0.4 is 20.1 Å². The van der Waals surface area contributed by atoms with Crippen LogP contribution in [0.15, 0.2) is 90.3 Å². The number of ketones is 1. The highest BCUT2D eigenvalue weighted by atomic mass is 16.5. The Morgan fingerprint density at radius 2 is 1.68 bits per heavy atom. The van der Waals surface area contributed by atoms with Gasteiger partial charge in [-0.2, -0.15) is 5.10 Å². The lowest BCUT2D eigenvalue weighted by atomic mass is 9.77. The molecule has 8 heteroatoms. The van der Waals surface area contributed by atoms with E-state index in [1.807, 2.05) is 79.7 Å². The minimum atomic E-state index is -0.441. The smallest absolute Gasteiger partial charge is 0.261 e. The number of aryl methyl sites for hydroxylation is 1. The molecule has 0 radical (unpaired) electrons. The molecule has 0 saturated heterocycles. The van der Waals surface area contributed by atoms with Crippen molar-refractivity contribution in [3.8, 4) is 11.5 Å². The van der Waals surface area contributed by atoms with Gasteiger partial charge >= 0.3 is 0 Å². The van der Waals surface area contributed by atoms with Crippen molar-refractivity contribution in [3.63, 3.8) is 0 Å². The molecule has 2 N–H and O–H groups in total. The molecule has 6 rings (SSSR count). The summed E-state index contributed by atoms with van der Waals surface area (Å²) < 4.78 is 12.7. The van der Waals surface area contributed by atoms with Gasteiger partial charge in [-0.05, 0) is 54.7 Å². The molecule has 40 heavy (non-hydrogen) atoms. The summed E-state index contributed by atoms with van der Waals surface area (Å²) in [5, 5.41) is 11.0. The average molecular weight is 535 g/mol. The van der Waals surface area contributed by atoms with Gasteiger partial charge in [0.15, 0.2) is 17.3 Å². The Morgan fingerprint density at radius 3 is 2.40 bits per heavy atom. The number of Topliss-reactive ketones (excluding diaryl/α,β-unsaturated/α-hetero) is 1. The average Bonchev–Trinajstić information content (AvgIpc) is 3.40. The summed E-state index contributed by atoms with van der Waals surface area (Å²) in [5.41, 5.74) is 5.66. The van der Waals surface area contributed by atoms with Crippen molar-refractivity contribution in [3.05, 3.63) is 113 Å². The van der Waals surface area contributed by atoms with Crippen LogP contribution in [0.25, 0.3) is 0 Å². The van der Waals surface area contributed by atoms with Gasteiger partial charge < -0.3 is 20.1 Å². The van der Waals surface area contributed by atoms with E-state index in [0.717, 1.165) is 22.4 Å². The Labute approximate surface area is 232 Å². The molecule has 2 atom stereocenters. The van der Waals surface area contributed by atoms with Gasteiger partial charge in [0, 0.05) is 23.4 Å². The molecular formula is C32H30N4O4. The zero-order valence-corrected chi connectivity index (χ0v) is 22.6. The lowest BCUT2D eigenvalue weighted by molar-refractivity contribution is -0.116. The molecule has 2 heterocycles. The second-order valence-electron chi connectivity index (χ2n) is 10.1. The normalized spacial score (nSPS) is 17.9. The van der Waals surface area contributed by atoms with E-state index in [0.29, 0.717) is 47.0 Å². The lowest BCUT2D eigenvalue weighted by Crippen LogP contribution is -2.34. The first-order valence-electron chi connectivity index (χ1n) is 13.2. The van der Waals surface area contributed by atoms with Crippen LogP contribution in [0.5, 0.6) is 11.5 Å². The fraction of sp³-hybridized carbons (Fsp3) is 0.219. The van der Waals surface area contributed by atoms with Gasteiger partial charge in [0.05, 0.1) is 20.4 Å². The summed E-state index contributed by atoms with van der Waals surface area (Å²) in [5.74, 6) is 1.55. The molecule has 1 amide bonds. The number of anilines is 2. The van der Waals surface area contributed by atoms with E-state index < -0.39 is 6.04 Å². The molecule has 0 bridgehead atoms. The summed E-state index contributed by atoms with van der Waals surface area (Å²) in [6, 6.07) is 22.8. The molecule has 0 spiro atoms. The van der Waals surface area contributed by atoms with Crippen LogP contribution in [0, 0.1) is 6.92 Å². The van der Waals surface area contributed by atoms with Crippen molar-refractivity contribution in [2.24, 2.45) is 0 Å². The third-order valence-electron chi connectivity index (χ3n) is 7.64. The standard InChI is InChI=1S/C32H30N4O4/c1-19-9-11-20(12-10-19)30-29-25(15-22(16-26(29)37)21-13-14-27(39-2)28(17-21)40-3)35-31-24(18-33-36(30)31)32(38)34-23-7-5-4-6-8-23/h4-14,17-18,22,30,35H,15-16H2,1-3H3,(H,34,38)/t22-,30-/m1/s1. The molecule has 0 fully saturated rings. The molecule has 0 saturated carbocycles. The second-order valence-corrected chi connectivity index (χ2v) is 10.1. The monoisotopic (exact) mass is 534 g/mol. The van der Waals surface area contributed by atoms with E-state index in [2.05, 4.69) is 15.7 Å². The van der Waals surface area contributed by atoms with Gasteiger partial charge in [-0.3, -0.25) is 9.59 Å². The van der Waals surface area contributed by atoms with Crippen LogP contribution in [0.2, 0.25) is 0 Å². The first-order chi connectivity index (χ1) is 19.5. The van der Waals surface area contributed by atoms with E-state index in [-0.39, 0.29) is 17.6 Å². The number of benzene rings is 3. The number of carbonyl (C=O) groups is 2. The number of amides is 1. The quantitative estimate of drug-likeness (QED) is 0.321. The van der Waals surface area contributed by atoms with E-state index >= 15 is 0 Å². The first kappa shape index (κ1) is 25.4. The van der Waals surface area contributed by atoms with Crippen molar-refractivity contribution in [2.75, 3.05) is 24.9 Å². The highest BCUT2D eigenvalue weighted by Gasteiger charge is 2.40. The molecule has 202 valence electrons. The maximum Gasteiger partial charge on any atom is 0.261 e. The third-order valence-corrected chi connectivity index (χ3v) is 7.64. The fourth-order valence-corrected chi connectivity index (χ4v) is 5.60. The number of ether oxygens (including phenoxy) is 2. The molecule has 0 unspecified atom stereocenters. The molecule has 1 aromatic heterocycles. The van der Waals surface area contributed by atoms with Gasteiger partial charge in [-0.15, -0.1) is 0 Å². The zero-order valence-electron chi connectivity index (χ0n) is 22.6. The van der Waals surface area contributed by atoms with Gasteiger partial charge in [0.1, 0.15) is 17.4 Å². The molecule has 2 aliphatic rings. The van der Waals surface area contributed by atoms with Crippen molar-refractivity contribution in [1.82, 2.24) is 9.78 Å². The zero-order chi connectivity index (χ0) is 27.8. The predicted molar refractivity (Wildman–Crippen MR) is 153 cm³/mol. The van der Waals surface area contributed by atoms with Gasteiger partial charge in [-0.1, -0.05) is 54.1 Å². The Morgan fingerprint density at radius 1 is 0.950 bits per heavy atom. The molecule has 4 aromatic rings. The second kappa shape index (κ2) is 10.4. The molecule has 3 aromatic carbocycles. The molecule has 8 nitrogen and oxygen atoms in total. The minimum absolute atomic E-state index is 0.0514. The lowest BCUT2D eigenvalue weighted by Gasteiger charge is -2.36. The summed E-state index contributed by atoms with van der Waals surface area (Å²) in [6.45, 7) is 2.03. The minimum Gasteiger partial charge on any atom is -0.493 e. The van der Waals surface area contributed by atoms with Crippen LogP contribution in [-0.4, -0.2) is 35.7 Å². The third kappa shape index (κ3) is 4.51. The van der Waals surface area contributed by atoms with E-state index in [1.165, 1.54) is 0 Å². The van der Waals surface area contributed by atoms with E-state index in [4.69, 9.17) is 9.47 Å². The van der Waals surface area contributed by atoms with Crippen LogP contribution in [0.1, 0.15) is 51.8 Å². The molecule has 1 aliphatic carbocycles. The maximum absolute atomic E-state index is 13.9. The summed E-state index contributed by atoms with van der Waals surface area (Å²) in [6.07, 6.45) is 2.52. The number of allylic oxidation sites excluding steroid dienone is 2. The number of hydrogen-bond acceptors (Lipinski definition) is 6. The first-order valence-corrected chi connectivity index (χ1v) is 13.2. The number of carbonyl (C=O) groups excluding carboxylic acids is 2. The van der Waals surface area contributed by atoms with Crippen LogP contribution >= 0.6 is 0 Å². The number of para-hydroxylation sites is 1. The molecule has 1 aliphatic heterocycles. The van der Waals surface area contributed by atoms with Crippen LogP contribution in [0.3, 0.4) is 0 Å². The number of methoxy groups -OCH3 is 2. The van der Waals surface area contributed by atoms with Crippen molar-refractivity contribution in [1.29, 1.82) is 0 Å². The SMILES string of the molecule is COc1ccc([C@H]2CC(=O)C3=C(C2)Nc2c(C(=O)Nc4ccccc4)cnn2[C@@H]3c2ccc(C)cc2)cc1OC. The number of fused-ring (bicyclic) bond motifs is 1. The maximum atomic E-state index is 13.9. The van der Waals surface area contributed by atoms with Gasteiger partial charge in [0.25, 0.3) is 5.91 Å². The van der Waals surface area contributed by atoms with Crippen molar-refractivity contribution in [2.45, 2.75) is 31.7 Å². The Balaban J connectivity index is 1.41. The predicted octanol–water partition coefficient (Wildman–Crippen LogP) is 5.88. The van der Waals surface area contributed by atoms with E-state index in [9.17, 15) is 9.59 Å². The Kier molecular flexibility index (Phi) is 6.59. The van der Waals surface area contributed by atoms with Crippen molar-refractivity contribution >= 4 is 23.2 Å². The number of aromatic nitrogens is 2. The summed E-state index contributed by atoms with van der Waals surface area (Å²) >= 11 is 0. The van der Waals surface area contributed by atoms with Crippen LogP contribution in [-0.2, 0) is 4.79 Å². The van der Waals surface area contributed by atoms with Crippen LogP contribution in [0.4, 0.5) is 11.5 Å². The topological polar surface area (TPSA) is 94.5 Å². The number of rotatable bonds is 6.